The van der Waals surface area contributed by atoms with E-state index in [4.69, 9.17) is 4.74 Å². The van der Waals surface area contributed by atoms with Crippen molar-refractivity contribution in [3.05, 3.63) is 59.7 Å². The number of hydrogen-bond donors (Lipinski definition) is 0. The van der Waals surface area contributed by atoms with Crippen LogP contribution in [0.5, 0.6) is 5.75 Å². The van der Waals surface area contributed by atoms with E-state index in [2.05, 4.69) is 0 Å². The third-order valence-corrected chi connectivity index (χ3v) is 2.92. The molecule has 0 bridgehead atoms. The van der Waals surface area contributed by atoms with Crippen molar-refractivity contribution in [1.82, 2.24) is 0 Å². The molecule has 0 aromatic heterocycles. The molecule has 2 rings (SSSR count). The molecule has 0 aliphatic heterocycles. The largest absolute Gasteiger partial charge is 0.513 e. The van der Waals surface area contributed by atoms with Crippen LogP contribution in [-0.4, -0.2) is 6.98 Å². The minimum Gasteiger partial charge on any atom is -0.492 e. The van der Waals surface area contributed by atoms with Gasteiger partial charge in [0.25, 0.3) is 0 Å². The van der Waals surface area contributed by atoms with Crippen LogP contribution in [0, 0.1) is 6.92 Å². The van der Waals surface area contributed by atoms with Gasteiger partial charge in [0.05, 0.1) is 5.75 Å². The van der Waals surface area contributed by atoms with E-state index >= 15 is 0 Å². The topological polar surface area (TPSA) is 9.23 Å². The van der Waals surface area contributed by atoms with Crippen LogP contribution in [0.1, 0.15) is 11.1 Å². The molecule has 0 atom stereocenters. The maximum Gasteiger partial charge on any atom is 0.513 e. The Morgan fingerprint density at radius 3 is 2.26 bits per heavy atom. The van der Waals surface area contributed by atoms with E-state index in [1.807, 2.05) is 31.2 Å². The summed E-state index contributed by atoms with van der Waals surface area (Å²) in [6.07, 6.45) is 0. The molecule has 19 heavy (non-hydrogen) atoms. The van der Waals surface area contributed by atoms with Gasteiger partial charge in [0, 0.05) is 0 Å². The highest BCUT2D eigenvalue weighted by Gasteiger charge is 2.28. The highest BCUT2D eigenvalue weighted by atomic mass is 19.4. The Morgan fingerprint density at radius 2 is 1.58 bits per heavy atom. The first-order chi connectivity index (χ1) is 8.98. The molecule has 2 aromatic carbocycles. The van der Waals surface area contributed by atoms with Crippen molar-refractivity contribution in [3.8, 4) is 5.75 Å². The van der Waals surface area contributed by atoms with E-state index in [1.54, 1.807) is 6.07 Å². The number of halogens is 3. The van der Waals surface area contributed by atoms with Crippen molar-refractivity contribution in [2.75, 3.05) is 0 Å². The summed E-state index contributed by atoms with van der Waals surface area (Å²) in [6.45, 7) is -3.02. The van der Waals surface area contributed by atoms with Gasteiger partial charge in [-0.15, -0.1) is 0 Å². The van der Waals surface area contributed by atoms with Crippen LogP contribution in [0.3, 0.4) is 0 Å². The lowest BCUT2D eigenvalue weighted by atomic mass is 9.79. The maximum atomic E-state index is 12.8. The van der Waals surface area contributed by atoms with Crippen LogP contribution >= 0.6 is 0 Å². The number of benzene rings is 2. The van der Waals surface area contributed by atoms with Crippen LogP contribution in [0.15, 0.2) is 48.5 Å². The Labute approximate surface area is 110 Å². The third kappa shape index (κ3) is 3.31. The number of para-hydroxylation sites is 1. The van der Waals surface area contributed by atoms with Gasteiger partial charge in [0.15, 0.2) is 0 Å². The molecule has 0 fully saturated rings. The van der Waals surface area contributed by atoms with Gasteiger partial charge in [-0.2, -0.15) is 0 Å². The molecule has 0 amide bonds. The average molecular weight is 265 g/mol. The molecule has 0 saturated heterocycles. The quantitative estimate of drug-likeness (QED) is 0.767. The van der Waals surface area contributed by atoms with Gasteiger partial charge < -0.3 is 17.7 Å². The molecule has 0 aliphatic rings. The second-order valence-corrected chi connectivity index (χ2v) is 4.33. The second kappa shape index (κ2) is 5.39. The SMILES string of the molecule is Cc1ccccc1COc1ccccc1[B-](F)(F)F. The number of ether oxygens (including phenoxy) is 1. The molecule has 0 saturated carbocycles. The minimum atomic E-state index is -5.05. The molecular weight excluding hydrogens is 252 g/mol. The van der Waals surface area contributed by atoms with Gasteiger partial charge in [-0.05, 0) is 24.1 Å². The van der Waals surface area contributed by atoms with E-state index in [1.165, 1.54) is 12.1 Å². The van der Waals surface area contributed by atoms with Gasteiger partial charge in [0.1, 0.15) is 6.61 Å². The predicted octanol–water partition coefficient (Wildman–Crippen LogP) is 3.63. The summed E-state index contributed by atoms with van der Waals surface area (Å²) in [7, 11) is 0. The number of hydrogen-bond acceptors (Lipinski definition) is 1. The first-order valence-corrected chi connectivity index (χ1v) is 5.94. The molecule has 100 valence electrons. The fourth-order valence-corrected chi connectivity index (χ4v) is 1.81. The van der Waals surface area contributed by atoms with Crippen molar-refractivity contribution in [2.45, 2.75) is 13.5 Å². The normalized spacial score (nSPS) is 11.4. The summed E-state index contributed by atoms with van der Waals surface area (Å²) in [5.41, 5.74) is 1.19. The minimum absolute atomic E-state index is 0.113. The summed E-state index contributed by atoms with van der Waals surface area (Å²) in [6, 6.07) is 12.8. The van der Waals surface area contributed by atoms with Gasteiger partial charge in [-0.3, -0.25) is 0 Å². The molecule has 2 aromatic rings. The first kappa shape index (κ1) is 13.5. The monoisotopic (exact) mass is 265 g/mol. The summed E-state index contributed by atoms with van der Waals surface area (Å²) < 4.78 is 43.8. The van der Waals surface area contributed by atoms with E-state index in [-0.39, 0.29) is 12.4 Å². The van der Waals surface area contributed by atoms with Crippen molar-refractivity contribution >= 4 is 12.4 Å². The van der Waals surface area contributed by atoms with Crippen LogP contribution in [0.25, 0.3) is 0 Å². The Kier molecular flexibility index (Phi) is 3.83. The van der Waals surface area contributed by atoms with Crippen LogP contribution in [0.2, 0.25) is 0 Å². The molecule has 0 aliphatic carbocycles. The molecule has 0 unspecified atom stereocenters. The Hall–Kier alpha value is -1.91. The van der Waals surface area contributed by atoms with E-state index in [0.29, 0.717) is 0 Å². The standard InChI is InChI=1S/C14H13BF3O/c1-11-6-2-3-7-12(11)10-19-14-9-5-4-8-13(14)15(16,17)18/h2-9H,10H2,1H3/q-1. The number of rotatable bonds is 4. The second-order valence-electron chi connectivity index (χ2n) is 4.33. The van der Waals surface area contributed by atoms with Gasteiger partial charge in [-0.25, -0.2) is 0 Å². The van der Waals surface area contributed by atoms with Crippen LogP contribution < -0.4 is 10.2 Å². The molecule has 0 heterocycles. The first-order valence-electron chi connectivity index (χ1n) is 5.94. The lowest BCUT2D eigenvalue weighted by molar-refractivity contribution is 0.306. The molecule has 0 N–H and O–H groups in total. The van der Waals surface area contributed by atoms with Crippen molar-refractivity contribution in [3.63, 3.8) is 0 Å². The highest BCUT2D eigenvalue weighted by molar-refractivity contribution is 6.74. The fraction of sp³-hybridized carbons (Fsp3) is 0.143. The molecule has 0 radical (unpaired) electrons. The Balaban J connectivity index is 2.19. The van der Waals surface area contributed by atoms with Crippen molar-refractivity contribution in [1.29, 1.82) is 0 Å². The molecule has 0 spiro atoms. The van der Waals surface area contributed by atoms with Crippen LogP contribution in [0.4, 0.5) is 12.9 Å². The fourth-order valence-electron chi connectivity index (χ4n) is 1.81. The smallest absolute Gasteiger partial charge is 0.492 e. The zero-order valence-corrected chi connectivity index (χ0v) is 10.4. The predicted molar refractivity (Wildman–Crippen MR) is 70.7 cm³/mol. The third-order valence-electron chi connectivity index (χ3n) is 2.92. The molecular formula is C14H13BF3O-. The summed E-state index contributed by atoms with van der Waals surface area (Å²) in [4.78, 5) is 0. The number of aryl methyl sites for hydroxylation is 1. The maximum absolute atomic E-state index is 12.8. The van der Waals surface area contributed by atoms with E-state index < -0.39 is 12.4 Å². The summed E-state index contributed by atoms with van der Waals surface area (Å²) in [5.74, 6) is -0.113. The van der Waals surface area contributed by atoms with Crippen molar-refractivity contribution in [2.24, 2.45) is 0 Å². The molecule has 1 nitrogen and oxygen atoms in total. The Bertz CT molecular complexity index is 567. The van der Waals surface area contributed by atoms with E-state index in [0.717, 1.165) is 17.2 Å². The van der Waals surface area contributed by atoms with Gasteiger partial charge in [0.2, 0.25) is 0 Å². The zero-order chi connectivity index (χ0) is 13.9. The summed E-state index contributed by atoms with van der Waals surface area (Å²) in [5, 5.41) is 0. The van der Waals surface area contributed by atoms with E-state index in [9.17, 15) is 12.9 Å². The highest BCUT2D eigenvalue weighted by Crippen LogP contribution is 2.19. The molecule has 5 heteroatoms. The van der Waals surface area contributed by atoms with Crippen LogP contribution in [-0.2, 0) is 6.61 Å². The lowest BCUT2D eigenvalue weighted by Crippen LogP contribution is -2.35. The van der Waals surface area contributed by atoms with Crippen molar-refractivity contribution < 1.29 is 17.7 Å². The van der Waals surface area contributed by atoms with Gasteiger partial charge in [-0.1, -0.05) is 47.9 Å². The lowest BCUT2D eigenvalue weighted by Gasteiger charge is -2.20. The Morgan fingerprint density at radius 1 is 0.947 bits per heavy atom. The van der Waals surface area contributed by atoms with Gasteiger partial charge >= 0.3 is 6.98 Å². The average Bonchev–Trinajstić information content (AvgIpc) is 2.37. The zero-order valence-electron chi connectivity index (χ0n) is 10.4. The summed E-state index contributed by atoms with van der Waals surface area (Å²) >= 11 is 0.